The first-order valence-corrected chi connectivity index (χ1v) is 8.92. The second kappa shape index (κ2) is 8.86. The Hall–Kier alpha value is -2.33. The zero-order valence-electron chi connectivity index (χ0n) is 16.5. The minimum Gasteiger partial charge on any atom is -0.373 e. The molecule has 4 nitrogen and oxygen atoms in total. The van der Waals surface area contributed by atoms with Gasteiger partial charge in [-0.3, -0.25) is 4.79 Å². The molecule has 0 aliphatic heterocycles. The van der Waals surface area contributed by atoms with Crippen molar-refractivity contribution in [3.63, 3.8) is 0 Å². The maximum Gasteiger partial charge on any atom is 0.255 e. The fourth-order valence-corrected chi connectivity index (χ4v) is 2.80. The fourth-order valence-electron chi connectivity index (χ4n) is 2.80. The van der Waals surface area contributed by atoms with Crippen molar-refractivity contribution in [3.8, 4) is 0 Å². The van der Waals surface area contributed by atoms with E-state index in [-0.39, 0.29) is 5.91 Å². The Morgan fingerprint density at radius 3 is 2.42 bits per heavy atom. The lowest BCUT2D eigenvalue weighted by molar-refractivity contribution is 0.102. The number of nitrogens with one attached hydrogen (secondary N) is 1. The largest absolute Gasteiger partial charge is 0.373 e. The van der Waals surface area contributed by atoms with Gasteiger partial charge in [0.15, 0.2) is 0 Å². The van der Waals surface area contributed by atoms with E-state index in [2.05, 4.69) is 48.4 Å². The Bertz CT molecular complexity index is 768. The van der Waals surface area contributed by atoms with Crippen LogP contribution in [-0.4, -0.2) is 45.0 Å². The average molecular weight is 351 g/mol. The van der Waals surface area contributed by atoms with Crippen LogP contribution in [0.5, 0.6) is 0 Å². The number of aryl methyl sites for hydroxylation is 2. The molecule has 0 unspecified atom stereocenters. The smallest absolute Gasteiger partial charge is 0.255 e. The molecule has 2 aromatic carbocycles. The average Bonchev–Trinajstić information content (AvgIpc) is 2.57. The molecule has 0 aliphatic carbocycles. The fraction of sp³-hybridized carbons (Fsp3) is 0.364. The van der Waals surface area contributed by atoms with E-state index in [1.54, 1.807) is 12.1 Å². The lowest BCUT2D eigenvalue weighted by Crippen LogP contribution is -2.24. The van der Waals surface area contributed by atoms with E-state index in [4.69, 9.17) is 6.92 Å². The summed E-state index contributed by atoms with van der Waals surface area (Å²) >= 11 is 0. The maximum atomic E-state index is 12.7. The van der Waals surface area contributed by atoms with Gasteiger partial charge in [0.05, 0.1) is 11.4 Å². The lowest BCUT2D eigenvalue weighted by atomic mass is 10.1. The Morgan fingerprint density at radius 2 is 1.77 bits per heavy atom. The number of carbonyl (C=O) groups excluding carboxylic acids is 1. The molecule has 0 aromatic heterocycles. The zero-order valence-corrected chi connectivity index (χ0v) is 16.5. The summed E-state index contributed by atoms with van der Waals surface area (Å²) in [4.78, 5) is 17.0. The van der Waals surface area contributed by atoms with Crippen LogP contribution in [0.3, 0.4) is 0 Å². The molecule has 0 fully saturated rings. The topological polar surface area (TPSA) is 35.6 Å². The highest BCUT2D eigenvalue weighted by Gasteiger charge is 2.13. The minimum atomic E-state index is -0.148. The van der Waals surface area contributed by atoms with Crippen LogP contribution < -0.4 is 10.2 Å². The standard InChI is InChI=1S/C22H29N3O/c1-16-8-11-21(25(6)13-7-12-24(4)5)20(14-16)23-22(26)19-10-9-17(2)18(3)15-19/h3,8-11,14-15H,7,12-13H2,1-2,4-6H3,(H,23,26). The van der Waals surface area contributed by atoms with E-state index in [0.29, 0.717) is 11.1 Å². The quantitative estimate of drug-likeness (QED) is 0.819. The van der Waals surface area contributed by atoms with Crippen LogP contribution in [0.1, 0.15) is 33.5 Å². The predicted molar refractivity (Wildman–Crippen MR) is 110 cm³/mol. The SMILES string of the molecule is [CH]c1cc(C(=O)Nc2cc(C)ccc2N(C)CCCN(C)C)ccc1C. The number of rotatable bonds is 7. The normalized spacial score (nSPS) is 10.9. The molecule has 26 heavy (non-hydrogen) atoms. The van der Waals surface area contributed by atoms with Gasteiger partial charge in [0, 0.05) is 19.2 Å². The molecule has 0 bridgehead atoms. The maximum absolute atomic E-state index is 12.7. The van der Waals surface area contributed by atoms with Crippen LogP contribution in [-0.2, 0) is 0 Å². The van der Waals surface area contributed by atoms with Crippen molar-refractivity contribution in [1.82, 2.24) is 4.90 Å². The van der Waals surface area contributed by atoms with Gasteiger partial charge in [0.25, 0.3) is 5.91 Å². The molecule has 2 radical (unpaired) electrons. The van der Waals surface area contributed by atoms with Gasteiger partial charge in [-0.25, -0.2) is 0 Å². The third-order valence-electron chi connectivity index (χ3n) is 4.45. The second-order valence-corrected chi connectivity index (χ2v) is 7.12. The van der Waals surface area contributed by atoms with Crippen molar-refractivity contribution in [3.05, 3.63) is 65.6 Å². The summed E-state index contributed by atoms with van der Waals surface area (Å²) in [7, 11) is 6.20. The Labute approximate surface area is 157 Å². The lowest BCUT2D eigenvalue weighted by Gasteiger charge is -2.24. The van der Waals surface area contributed by atoms with Crippen molar-refractivity contribution in [2.75, 3.05) is 44.4 Å². The first-order valence-electron chi connectivity index (χ1n) is 8.92. The number of nitrogens with zero attached hydrogens (tertiary/aromatic N) is 2. The molecule has 1 N–H and O–H groups in total. The highest BCUT2D eigenvalue weighted by molar-refractivity contribution is 6.06. The molecule has 0 aliphatic rings. The molecule has 1 amide bonds. The summed E-state index contributed by atoms with van der Waals surface area (Å²) in [6.45, 7) is 11.8. The first kappa shape index (κ1) is 20.0. The molecule has 138 valence electrons. The van der Waals surface area contributed by atoms with Crippen molar-refractivity contribution in [1.29, 1.82) is 0 Å². The number of anilines is 2. The van der Waals surface area contributed by atoms with E-state index >= 15 is 0 Å². The van der Waals surface area contributed by atoms with Crippen LogP contribution in [0.2, 0.25) is 0 Å². The second-order valence-electron chi connectivity index (χ2n) is 7.12. The van der Waals surface area contributed by atoms with Gasteiger partial charge in [-0.15, -0.1) is 0 Å². The summed E-state index contributed by atoms with van der Waals surface area (Å²) in [5, 5.41) is 3.05. The van der Waals surface area contributed by atoms with Crippen molar-refractivity contribution in [2.24, 2.45) is 0 Å². The minimum absolute atomic E-state index is 0.148. The molecule has 0 spiro atoms. The Balaban J connectivity index is 2.18. The van der Waals surface area contributed by atoms with Crippen LogP contribution in [0, 0.1) is 20.8 Å². The molecule has 0 saturated carbocycles. The Kier molecular flexibility index (Phi) is 6.81. The van der Waals surface area contributed by atoms with Gasteiger partial charge in [-0.1, -0.05) is 12.1 Å². The van der Waals surface area contributed by atoms with Crippen LogP contribution in [0.4, 0.5) is 11.4 Å². The molecule has 0 atom stereocenters. The molecule has 2 rings (SSSR count). The van der Waals surface area contributed by atoms with Crippen LogP contribution in [0.15, 0.2) is 36.4 Å². The Morgan fingerprint density at radius 1 is 1.04 bits per heavy atom. The molecule has 0 saturated heterocycles. The van der Waals surface area contributed by atoms with Crippen molar-refractivity contribution < 1.29 is 4.79 Å². The number of benzene rings is 2. The summed E-state index contributed by atoms with van der Waals surface area (Å²) in [5.74, 6) is -0.148. The molecule has 0 heterocycles. The van der Waals surface area contributed by atoms with Crippen molar-refractivity contribution >= 4 is 17.3 Å². The first-order chi connectivity index (χ1) is 12.3. The van der Waals surface area contributed by atoms with E-state index in [9.17, 15) is 4.79 Å². The summed E-state index contributed by atoms with van der Waals surface area (Å²) in [5.41, 5.74) is 5.11. The van der Waals surface area contributed by atoms with Gasteiger partial charge >= 0.3 is 0 Å². The van der Waals surface area contributed by atoms with E-state index in [1.165, 1.54) is 0 Å². The molecule has 4 heteroatoms. The highest BCUT2D eigenvalue weighted by atomic mass is 16.1. The van der Waals surface area contributed by atoms with Crippen LogP contribution >= 0.6 is 0 Å². The molecular formula is C22H29N3O. The molecule has 2 aromatic rings. The number of hydrogen-bond acceptors (Lipinski definition) is 3. The van der Waals surface area contributed by atoms with Crippen molar-refractivity contribution in [2.45, 2.75) is 20.3 Å². The zero-order chi connectivity index (χ0) is 19.3. The van der Waals surface area contributed by atoms with Gasteiger partial charge in [0.2, 0.25) is 0 Å². The third kappa shape index (κ3) is 5.33. The van der Waals surface area contributed by atoms with Gasteiger partial charge in [-0.05, 0) is 88.8 Å². The van der Waals surface area contributed by atoms with Gasteiger partial charge in [0.1, 0.15) is 0 Å². The van der Waals surface area contributed by atoms with E-state index < -0.39 is 0 Å². The monoisotopic (exact) mass is 351 g/mol. The molecular weight excluding hydrogens is 322 g/mol. The summed E-state index contributed by atoms with van der Waals surface area (Å²) in [6, 6.07) is 11.5. The third-order valence-corrected chi connectivity index (χ3v) is 4.45. The number of amides is 1. The van der Waals surface area contributed by atoms with E-state index in [0.717, 1.165) is 42.0 Å². The van der Waals surface area contributed by atoms with E-state index in [1.807, 2.05) is 26.0 Å². The van der Waals surface area contributed by atoms with Gasteiger partial charge in [-0.2, -0.15) is 0 Å². The van der Waals surface area contributed by atoms with Crippen LogP contribution in [0.25, 0.3) is 0 Å². The predicted octanol–water partition coefficient (Wildman–Crippen LogP) is 4.00. The highest BCUT2D eigenvalue weighted by Crippen LogP contribution is 2.27. The number of carbonyl (C=O) groups is 1. The summed E-state index contributed by atoms with van der Waals surface area (Å²) in [6.07, 6.45) is 1.05. The van der Waals surface area contributed by atoms with Gasteiger partial charge < -0.3 is 15.1 Å². The number of hydrogen-bond donors (Lipinski definition) is 1. The summed E-state index contributed by atoms with van der Waals surface area (Å²) < 4.78 is 0.